The minimum Gasteiger partial charge on any atom is -0.334 e. The summed E-state index contributed by atoms with van der Waals surface area (Å²) in [6.07, 6.45) is 5.70. The maximum atomic E-state index is 4.52. The van der Waals surface area contributed by atoms with Crippen LogP contribution in [0.4, 0.5) is 0 Å². The minimum atomic E-state index is 0.0675. The summed E-state index contributed by atoms with van der Waals surface area (Å²) >= 11 is 0. The van der Waals surface area contributed by atoms with Gasteiger partial charge < -0.3 is 9.88 Å². The summed E-state index contributed by atoms with van der Waals surface area (Å²) in [7, 11) is 1.97. The van der Waals surface area contributed by atoms with E-state index in [9.17, 15) is 0 Å². The maximum absolute atomic E-state index is 4.52. The molecule has 4 nitrogen and oxygen atoms in total. The van der Waals surface area contributed by atoms with Gasteiger partial charge in [0.1, 0.15) is 5.82 Å². The van der Waals surface area contributed by atoms with Crippen molar-refractivity contribution in [1.29, 1.82) is 0 Å². The Morgan fingerprint density at radius 1 is 1.15 bits per heavy atom. The van der Waals surface area contributed by atoms with Crippen LogP contribution in [0.1, 0.15) is 24.4 Å². The minimum absolute atomic E-state index is 0.0675. The summed E-state index contributed by atoms with van der Waals surface area (Å²) in [5, 5.41) is 4.54. The summed E-state index contributed by atoms with van der Waals surface area (Å²) in [6.45, 7) is 3.04. The van der Waals surface area contributed by atoms with Crippen LogP contribution < -0.4 is 5.32 Å². The highest BCUT2D eigenvalue weighted by Gasteiger charge is 2.19. The van der Waals surface area contributed by atoms with Crippen molar-refractivity contribution in [1.82, 2.24) is 19.9 Å². The van der Waals surface area contributed by atoms with E-state index >= 15 is 0 Å². The van der Waals surface area contributed by atoms with E-state index in [4.69, 9.17) is 0 Å². The van der Waals surface area contributed by atoms with Gasteiger partial charge in [-0.2, -0.15) is 0 Å². The second-order valence-corrected chi connectivity index (χ2v) is 4.71. The van der Waals surface area contributed by atoms with Crippen molar-refractivity contribution in [3.05, 3.63) is 60.3 Å². The quantitative estimate of drug-likeness (QED) is 0.789. The van der Waals surface area contributed by atoms with Crippen LogP contribution in [0.25, 0.3) is 10.9 Å². The van der Waals surface area contributed by atoms with Gasteiger partial charge in [-0.1, -0.05) is 18.2 Å². The first-order valence-electron chi connectivity index (χ1n) is 6.87. The average Bonchev–Trinajstić information content (AvgIpc) is 2.97. The highest BCUT2D eigenvalue weighted by atomic mass is 15.1. The second-order valence-electron chi connectivity index (χ2n) is 4.71. The van der Waals surface area contributed by atoms with Gasteiger partial charge in [-0.05, 0) is 31.7 Å². The van der Waals surface area contributed by atoms with E-state index < -0.39 is 0 Å². The number of hydrogen-bond acceptors (Lipinski definition) is 3. The first-order chi connectivity index (χ1) is 9.85. The van der Waals surface area contributed by atoms with Crippen molar-refractivity contribution in [3.63, 3.8) is 0 Å². The zero-order valence-corrected chi connectivity index (χ0v) is 11.7. The van der Waals surface area contributed by atoms with Crippen LogP contribution in [0, 0.1) is 0 Å². The average molecular weight is 266 g/mol. The lowest BCUT2D eigenvalue weighted by molar-refractivity contribution is 0.593. The third-order valence-electron chi connectivity index (χ3n) is 3.63. The third-order valence-corrected chi connectivity index (χ3v) is 3.63. The van der Waals surface area contributed by atoms with Crippen molar-refractivity contribution >= 4 is 10.9 Å². The van der Waals surface area contributed by atoms with E-state index in [0.717, 1.165) is 17.9 Å². The molecule has 0 fully saturated rings. The molecule has 0 aliphatic carbocycles. The van der Waals surface area contributed by atoms with Gasteiger partial charge >= 0.3 is 0 Å². The van der Waals surface area contributed by atoms with E-state index in [0.29, 0.717) is 0 Å². The number of pyridine rings is 1. The van der Waals surface area contributed by atoms with E-state index in [2.05, 4.69) is 38.9 Å². The van der Waals surface area contributed by atoms with E-state index in [1.807, 2.05) is 43.8 Å². The van der Waals surface area contributed by atoms with Gasteiger partial charge in [-0.25, -0.2) is 4.98 Å². The molecular formula is C16H18N4. The van der Waals surface area contributed by atoms with E-state index in [1.54, 1.807) is 0 Å². The largest absolute Gasteiger partial charge is 0.334 e. The Labute approximate surface area is 118 Å². The summed E-state index contributed by atoms with van der Waals surface area (Å²) in [5.74, 6) is 1.03. The number of aryl methyl sites for hydroxylation is 1. The van der Waals surface area contributed by atoms with Crippen LogP contribution in [0.15, 0.2) is 48.9 Å². The number of aromatic nitrogens is 3. The molecule has 1 atom stereocenters. The monoisotopic (exact) mass is 266 g/mol. The molecular weight excluding hydrogens is 248 g/mol. The van der Waals surface area contributed by atoms with Gasteiger partial charge in [-0.3, -0.25) is 4.98 Å². The molecule has 0 bridgehead atoms. The molecule has 4 heteroatoms. The van der Waals surface area contributed by atoms with E-state index in [-0.39, 0.29) is 6.04 Å². The molecule has 0 amide bonds. The summed E-state index contributed by atoms with van der Waals surface area (Å²) in [4.78, 5) is 8.95. The van der Waals surface area contributed by atoms with Crippen LogP contribution >= 0.6 is 0 Å². The maximum Gasteiger partial charge on any atom is 0.130 e. The van der Waals surface area contributed by atoms with Gasteiger partial charge in [0.2, 0.25) is 0 Å². The Kier molecular flexibility index (Phi) is 3.48. The first kappa shape index (κ1) is 12.8. The normalized spacial score (nSPS) is 12.7. The fourth-order valence-electron chi connectivity index (χ4n) is 2.65. The van der Waals surface area contributed by atoms with Gasteiger partial charge in [0, 0.05) is 30.5 Å². The third kappa shape index (κ3) is 2.08. The number of rotatable bonds is 4. The smallest absolute Gasteiger partial charge is 0.130 e. The molecule has 0 saturated carbocycles. The van der Waals surface area contributed by atoms with E-state index in [1.165, 1.54) is 10.9 Å². The molecule has 0 saturated heterocycles. The van der Waals surface area contributed by atoms with Crippen molar-refractivity contribution in [2.75, 3.05) is 7.05 Å². The van der Waals surface area contributed by atoms with Gasteiger partial charge in [0.15, 0.2) is 0 Å². The van der Waals surface area contributed by atoms with Crippen LogP contribution in [0.5, 0.6) is 0 Å². The van der Waals surface area contributed by atoms with Crippen molar-refractivity contribution < 1.29 is 0 Å². The lowest BCUT2D eigenvalue weighted by Crippen LogP contribution is -2.22. The predicted molar refractivity (Wildman–Crippen MR) is 80.5 cm³/mol. The Bertz CT molecular complexity index is 712. The molecule has 0 aliphatic rings. The summed E-state index contributed by atoms with van der Waals surface area (Å²) < 4.78 is 2.16. The molecule has 1 unspecified atom stereocenters. The topological polar surface area (TPSA) is 42.7 Å². The molecule has 0 aliphatic heterocycles. The summed E-state index contributed by atoms with van der Waals surface area (Å²) in [5.41, 5.74) is 2.22. The van der Waals surface area contributed by atoms with Crippen LogP contribution in [-0.4, -0.2) is 21.6 Å². The standard InChI is InChI=1S/C16H18N4/c1-3-20-11-10-19-16(20)15(17-2)13-6-4-8-14-12(13)7-5-9-18-14/h4-11,15,17H,3H2,1-2H3. The zero-order chi connectivity index (χ0) is 13.9. The molecule has 3 aromatic rings. The van der Waals surface area contributed by atoms with Crippen molar-refractivity contribution in [2.45, 2.75) is 19.5 Å². The van der Waals surface area contributed by atoms with Gasteiger partial charge in [0.25, 0.3) is 0 Å². The molecule has 2 heterocycles. The lowest BCUT2D eigenvalue weighted by Gasteiger charge is -2.19. The zero-order valence-electron chi connectivity index (χ0n) is 11.7. The molecule has 20 heavy (non-hydrogen) atoms. The second kappa shape index (κ2) is 5.43. The summed E-state index contributed by atoms with van der Waals surface area (Å²) in [6, 6.07) is 10.4. The lowest BCUT2D eigenvalue weighted by atomic mass is 10.0. The predicted octanol–water partition coefficient (Wildman–Crippen LogP) is 2.76. The Hall–Kier alpha value is -2.20. The fraction of sp³-hybridized carbons (Fsp3) is 0.250. The SMILES string of the molecule is CCn1ccnc1C(NC)c1cccc2ncccc12. The van der Waals surface area contributed by atoms with Crippen molar-refractivity contribution in [3.8, 4) is 0 Å². The molecule has 1 N–H and O–H groups in total. The Balaban J connectivity index is 2.17. The highest BCUT2D eigenvalue weighted by molar-refractivity contribution is 5.82. The number of fused-ring (bicyclic) bond motifs is 1. The molecule has 1 aromatic carbocycles. The molecule has 0 spiro atoms. The number of nitrogens with one attached hydrogen (secondary N) is 1. The number of nitrogens with zero attached hydrogens (tertiary/aromatic N) is 3. The Morgan fingerprint density at radius 2 is 2.05 bits per heavy atom. The highest BCUT2D eigenvalue weighted by Crippen LogP contribution is 2.27. The fourth-order valence-corrected chi connectivity index (χ4v) is 2.65. The van der Waals surface area contributed by atoms with Gasteiger partial charge in [0.05, 0.1) is 11.6 Å². The molecule has 3 rings (SSSR count). The Morgan fingerprint density at radius 3 is 2.85 bits per heavy atom. The van der Waals surface area contributed by atoms with Gasteiger partial charge in [-0.15, -0.1) is 0 Å². The molecule has 0 radical (unpaired) electrons. The molecule has 102 valence electrons. The van der Waals surface area contributed by atoms with Crippen LogP contribution in [0.3, 0.4) is 0 Å². The van der Waals surface area contributed by atoms with Crippen LogP contribution in [-0.2, 0) is 6.54 Å². The first-order valence-corrected chi connectivity index (χ1v) is 6.87. The van der Waals surface area contributed by atoms with Crippen LogP contribution in [0.2, 0.25) is 0 Å². The molecule has 2 aromatic heterocycles. The number of imidazole rings is 1. The number of hydrogen-bond donors (Lipinski definition) is 1. The van der Waals surface area contributed by atoms with Crippen molar-refractivity contribution in [2.24, 2.45) is 0 Å². The number of benzene rings is 1.